The summed E-state index contributed by atoms with van der Waals surface area (Å²) in [5.74, 6) is 1.01. The number of fused-ring (bicyclic) bond motifs is 1. The third-order valence-corrected chi connectivity index (χ3v) is 4.45. The number of hydrogen-bond donors (Lipinski definition) is 1. The maximum Gasteiger partial charge on any atom is 0.134 e. The molecule has 20 heavy (non-hydrogen) atoms. The Labute approximate surface area is 128 Å². The lowest BCUT2D eigenvalue weighted by Gasteiger charge is -2.11. The summed E-state index contributed by atoms with van der Waals surface area (Å²) in [6.45, 7) is 3.18. The first-order valence-electron chi connectivity index (χ1n) is 7.32. The van der Waals surface area contributed by atoms with Crippen LogP contribution < -0.4 is 5.32 Å². The van der Waals surface area contributed by atoms with E-state index in [1.807, 2.05) is 12.1 Å². The van der Waals surface area contributed by atoms with E-state index in [-0.39, 0.29) is 6.04 Å². The van der Waals surface area contributed by atoms with Crippen LogP contribution in [0.25, 0.3) is 11.0 Å². The Morgan fingerprint density at radius 3 is 3.05 bits per heavy atom. The molecule has 0 bridgehead atoms. The van der Waals surface area contributed by atoms with Crippen LogP contribution in [0, 0.1) is 0 Å². The molecular weight excluding hydrogens is 314 g/mol. The van der Waals surface area contributed by atoms with Crippen molar-refractivity contribution in [3.8, 4) is 0 Å². The molecule has 0 radical (unpaired) electrons. The first-order chi connectivity index (χ1) is 9.72. The van der Waals surface area contributed by atoms with Gasteiger partial charge in [0.05, 0.1) is 6.04 Å². The molecule has 0 aliphatic heterocycles. The summed E-state index contributed by atoms with van der Waals surface area (Å²) in [6, 6.07) is 8.51. The van der Waals surface area contributed by atoms with Gasteiger partial charge in [0, 0.05) is 9.86 Å². The van der Waals surface area contributed by atoms with Gasteiger partial charge in [-0.2, -0.15) is 0 Å². The summed E-state index contributed by atoms with van der Waals surface area (Å²) in [5, 5.41) is 4.71. The molecule has 2 aromatic rings. The van der Waals surface area contributed by atoms with Gasteiger partial charge in [-0.3, -0.25) is 0 Å². The van der Waals surface area contributed by atoms with Gasteiger partial charge < -0.3 is 9.73 Å². The molecule has 0 saturated heterocycles. The lowest BCUT2D eigenvalue weighted by molar-refractivity contribution is 0.453. The van der Waals surface area contributed by atoms with E-state index >= 15 is 0 Å². The van der Waals surface area contributed by atoms with Crippen LogP contribution in [-0.4, -0.2) is 6.54 Å². The van der Waals surface area contributed by atoms with E-state index in [0.717, 1.165) is 34.2 Å². The molecule has 3 heteroatoms. The van der Waals surface area contributed by atoms with Crippen molar-refractivity contribution >= 4 is 26.9 Å². The number of nitrogens with one attached hydrogen (secondary N) is 1. The summed E-state index contributed by atoms with van der Waals surface area (Å²) >= 11 is 3.49. The monoisotopic (exact) mass is 333 g/mol. The van der Waals surface area contributed by atoms with Gasteiger partial charge in [-0.25, -0.2) is 0 Å². The van der Waals surface area contributed by atoms with E-state index in [9.17, 15) is 0 Å². The van der Waals surface area contributed by atoms with Gasteiger partial charge in [0.15, 0.2) is 0 Å². The number of rotatable bonds is 5. The van der Waals surface area contributed by atoms with Crippen molar-refractivity contribution in [2.45, 2.75) is 38.6 Å². The number of furan rings is 1. The zero-order valence-corrected chi connectivity index (χ0v) is 13.4. The highest BCUT2D eigenvalue weighted by Gasteiger charge is 2.12. The summed E-state index contributed by atoms with van der Waals surface area (Å²) in [6.07, 6.45) is 7.45. The molecule has 1 aliphatic rings. The fraction of sp³-hybridized carbons (Fsp3) is 0.412. The highest BCUT2D eigenvalue weighted by atomic mass is 79.9. The number of halogens is 1. The fourth-order valence-electron chi connectivity index (χ4n) is 2.76. The van der Waals surface area contributed by atoms with E-state index in [1.165, 1.54) is 19.3 Å². The maximum atomic E-state index is 5.91. The quantitative estimate of drug-likeness (QED) is 0.746. The topological polar surface area (TPSA) is 25.2 Å². The van der Waals surface area contributed by atoms with Crippen LogP contribution in [0.3, 0.4) is 0 Å². The smallest absolute Gasteiger partial charge is 0.134 e. The molecule has 0 saturated carbocycles. The van der Waals surface area contributed by atoms with Gasteiger partial charge in [0.1, 0.15) is 11.3 Å². The zero-order valence-electron chi connectivity index (χ0n) is 11.8. The van der Waals surface area contributed by atoms with Crippen LogP contribution >= 0.6 is 15.9 Å². The molecule has 1 aliphatic carbocycles. The van der Waals surface area contributed by atoms with Gasteiger partial charge in [-0.1, -0.05) is 27.6 Å². The van der Waals surface area contributed by atoms with Crippen LogP contribution in [0.5, 0.6) is 0 Å². The second-order valence-electron chi connectivity index (χ2n) is 5.51. The number of benzene rings is 1. The summed E-state index contributed by atoms with van der Waals surface area (Å²) in [4.78, 5) is 0. The van der Waals surface area contributed by atoms with Crippen molar-refractivity contribution < 1.29 is 4.42 Å². The third-order valence-electron chi connectivity index (χ3n) is 3.96. The second kappa shape index (κ2) is 6.15. The highest BCUT2D eigenvalue weighted by Crippen LogP contribution is 2.27. The molecule has 0 spiro atoms. The van der Waals surface area contributed by atoms with Crippen molar-refractivity contribution in [2.75, 3.05) is 6.54 Å². The Morgan fingerprint density at radius 1 is 1.35 bits per heavy atom. The summed E-state index contributed by atoms with van der Waals surface area (Å²) < 4.78 is 7.00. The minimum absolute atomic E-state index is 0.253. The van der Waals surface area contributed by atoms with E-state index < -0.39 is 0 Å². The highest BCUT2D eigenvalue weighted by molar-refractivity contribution is 9.10. The molecule has 106 valence electrons. The lowest BCUT2D eigenvalue weighted by atomic mass is 10.1. The van der Waals surface area contributed by atoms with Gasteiger partial charge in [0.2, 0.25) is 0 Å². The Kier molecular flexibility index (Phi) is 4.27. The van der Waals surface area contributed by atoms with Gasteiger partial charge in [-0.15, -0.1) is 0 Å². The van der Waals surface area contributed by atoms with E-state index in [1.54, 1.807) is 5.57 Å². The number of allylic oxidation sites excluding steroid dienone is 1. The van der Waals surface area contributed by atoms with Crippen LogP contribution in [0.4, 0.5) is 0 Å². The van der Waals surface area contributed by atoms with E-state index in [2.05, 4.69) is 46.4 Å². The Hall–Kier alpha value is -1.06. The van der Waals surface area contributed by atoms with Crippen molar-refractivity contribution in [1.29, 1.82) is 0 Å². The molecule has 0 fully saturated rings. The largest absolute Gasteiger partial charge is 0.459 e. The molecular formula is C17H20BrNO. The van der Waals surface area contributed by atoms with Gasteiger partial charge >= 0.3 is 0 Å². The van der Waals surface area contributed by atoms with Crippen LogP contribution in [0.1, 0.15) is 44.4 Å². The standard InChI is InChI=1S/C17H20BrNO/c1-12(19-9-8-13-4-2-3-5-13)17-11-14-10-15(18)6-7-16(14)20-17/h4,6-7,10-12,19H,2-3,5,8-9H2,1H3. The van der Waals surface area contributed by atoms with Gasteiger partial charge in [-0.05, 0) is 63.4 Å². The van der Waals surface area contributed by atoms with Crippen LogP contribution in [-0.2, 0) is 0 Å². The molecule has 1 heterocycles. The van der Waals surface area contributed by atoms with Crippen molar-refractivity contribution in [3.63, 3.8) is 0 Å². The predicted octanol–water partition coefficient (Wildman–Crippen LogP) is 5.35. The molecule has 1 atom stereocenters. The lowest BCUT2D eigenvalue weighted by Crippen LogP contribution is -2.19. The Balaban J connectivity index is 1.61. The first kappa shape index (κ1) is 13.9. The SMILES string of the molecule is CC(NCCC1=CCCC1)c1cc2cc(Br)ccc2o1. The third kappa shape index (κ3) is 3.15. The zero-order chi connectivity index (χ0) is 13.9. The molecule has 2 nitrogen and oxygen atoms in total. The van der Waals surface area contributed by atoms with Crippen molar-refractivity contribution in [3.05, 3.63) is 46.1 Å². The minimum Gasteiger partial charge on any atom is -0.459 e. The average molecular weight is 334 g/mol. The number of hydrogen-bond acceptors (Lipinski definition) is 2. The van der Waals surface area contributed by atoms with Crippen LogP contribution in [0.15, 0.2) is 44.8 Å². The fourth-order valence-corrected chi connectivity index (χ4v) is 3.14. The normalized spacial score (nSPS) is 16.6. The molecule has 3 rings (SSSR count). The molecule has 0 amide bonds. The van der Waals surface area contributed by atoms with Crippen molar-refractivity contribution in [2.24, 2.45) is 0 Å². The molecule has 1 unspecified atom stereocenters. The predicted molar refractivity (Wildman–Crippen MR) is 86.9 cm³/mol. The summed E-state index contributed by atoms with van der Waals surface area (Å²) in [5.41, 5.74) is 2.56. The Morgan fingerprint density at radius 2 is 2.25 bits per heavy atom. The van der Waals surface area contributed by atoms with E-state index in [4.69, 9.17) is 4.42 Å². The van der Waals surface area contributed by atoms with Gasteiger partial charge in [0.25, 0.3) is 0 Å². The molecule has 1 N–H and O–H groups in total. The summed E-state index contributed by atoms with van der Waals surface area (Å²) in [7, 11) is 0. The van der Waals surface area contributed by atoms with Crippen LogP contribution in [0.2, 0.25) is 0 Å². The molecule has 1 aromatic carbocycles. The Bertz CT molecular complexity index is 629. The van der Waals surface area contributed by atoms with E-state index in [0.29, 0.717) is 0 Å². The molecule has 1 aromatic heterocycles. The maximum absolute atomic E-state index is 5.91. The average Bonchev–Trinajstić information content (AvgIpc) is 3.06. The minimum atomic E-state index is 0.253. The first-order valence-corrected chi connectivity index (χ1v) is 8.12. The second-order valence-corrected chi connectivity index (χ2v) is 6.43. The van der Waals surface area contributed by atoms with Crippen molar-refractivity contribution in [1.82, 2.24) is 5.32 Å².